The molecule has 0 aromatic carbocycles. The fourth-order valence-electron chi connectivity index (χ4n) is 1.15. The first-order valence-corrected chi connectivity index (χ1v) is 4.75. The number of nitrogens with zero attached hydrogens (tertiary/aromatic N) is 3. The van der Waals surface area contributed by atoms with Crippen molar-refractivity contribution in [2.45, 2.75) is 6.54 Å². The van der Waals surface area contributed by atoms with E-state index in [0.717, 1.165) is 15.9 Å². The van der Waals surface area contributed by atoms with Crippen LogP contribution in [0, 0.1) is 0 Å². The first kappa shape index (κ1) is 8.65. The number of hydrogen-bond acceptors (Lipinski definition) is 3. The van der Waals surface area contributed by atoms with Gasteiger partial charge in [-0.15, -0.1) is 5.10 Å². The number of nitrogens with one attached hydrogen (secondary N) is 1. The lowest BCUT2D eigenvalue weighted by atomic mass is 10.5. The molecule has 1 N–H and O–H groups in total. The molecule has 68 valence electrons. The van der Waals surface area contributed by atoms with Crippen molar-refractivity contribution in [1.82, 2.24) is 19.9 Å². The van der Waals surface area contributed by atoms with E-state index in [2.05, 4.69) is 31.3 Å². The summed E-state index contributed by atoms with van der Waals surface area (Å²) in [5, 5.41) is 7.29. The molecular weight excluding hydrogens is 232 g/mol. The van der Waals surface area contributed by atoms with Crippen LogP contribution in [0.4, 0.5) is 0 Å². The minimum atomic E-state index is 0.689. The molecule has 0 aliphatic rings. The van der Waals surface area contributed by atoms with Gasteiger partial charge in [0, 0.05) is 6.20 Å². The van der Waals surface area contributed by atoms with E-state index in [9.17, 15) is 0 Å². The molecule has 4 nitrogen and oxygen atoms in total. The van der Waals surface area contributed by atoms with Gasteiger partial charge in [0.25, 0.3) is 0 Å². The van der Waals surface area contributed by atoms with E-state index in [1.54, 1.807) is 4.52 Å². The Morgan fingerprint density at radius 3 is 3.15 bits per heavy atom. The molecule has 0 unspecified atom stereocenters. The number of halogens is 1. The van der Waals surface area contributed by atoms with Gasteiger partial charge in [0.2, 0.25) is 0 Å². The molecule has 0 aliphatic carbocycles. The lowest BCUT2D eigenvalue weighted by molar-refractivity contribution is 0.752. The zero-order valence-electron chi connectivity index (χ0n) is 7.16. The van der Waals surface area contributed by atoms with Gasteiger partial charge >= 0.3 is 0 Å². The molecule has 0 aliphatic heterocycles. The fourth-order valence-corrected chi connectivity index (χ4v) is 1.57. The first-order valence-electron chi connectivity index (χ1n) is 3.95. The van der Waals surface area contributed by atoms with Gasteiger partial charge in [-0.1, -0.05) is 0 Å². The van der Waals surface area contributed by atoms with E-state index >= 15 is 0 Å². The third-order valence-electron chi connectivity index (χ3n) is 1.69. The summed E-state index contributed by atoms with van der Waals surface area (Å²) in [4.78, 5) is 4.34. The Kier molecular flexibility index (Phi) is 2.28. The van der Waals surface area contributed by atoms with E-state index in [4.69, 9.17) is 0 Å². The van der Waals surface area contributed by atoms with E-state index in [-0.39, 0.29) is 0 Å². The molecular formula is C8H9BrN4. The SMILES string of the molecule is CNCc1nc2c(Br)cccn2n1. The molecule has 13 heavy (non-hydrogen) atoms. The maximum atomic E-state index is 4.34. The Bertz CT molecular complexity index is 423. The highest BCUT2D eigenvalue weighted by atomic mass is 79.9. The molecule has 0 fully saturated rings. The second-order valence-corrected chi connectivity index (χ2v) is 3.54. The normalized spacial score (nSPS) is 10.9. The van der Waals surface area contributed by atoms with Gasteiger partial charge in [0.05, 0.1) is 11.0 Å². The second-order valence-electron chi connectivity index (χ2n) is 2.68. The van der Waals surface area contributed by atoms with Crippen LogP contribution in [0.25, 0.3) is 5.65 Å². The molecule has 2 aromatic rings. The van der Waals surface area contributed by atoms with Gasteiger partial charge in [0.1, 0.15) is 0 Å². The Morgan fingerprint density at radius 2 is 2.46 bits per heavy atom. The summed E-state index contributed by atoms with van der Waals surface area (Å²) in [6.07, 6.45) is 1.88. The van der Waals surface area contributed by atoms with Crippen LogP contribution < -0.4 is 5.32 Å². The average Bonchev–Trinajstić information content (AvgIpc) is 2.49. The maximum absolute atomic E-state index is 4.34. The molecule has 0 bridgehead atoms. The van der Waals surface area contributed by atoms with Crippen molar-refractivity contribution < 1.29 is 0 Å². The van der Waals surface area contributed by atoms with Crippen molar-refractivity contribution in [1.29, 1.82) is 0 Å². The van der Waals surface area contributed by atoms with E-state index < -0.39 is 0 Å². The Balaban J connectivity index is 2.55. The van der Waals surface area contributed by atoms with Crippen LogP contribution >= 0.6 is 15.9 Å². The van der Waals surface area contributed by atoms with Crippen molar-refractivity contribution in [3.05, 3.63) is 28.6 Å². The molecule has 0 saturated carbocycles. The molecule has 2 heterocycles. The third kappa shape index (κ3) is 1.57. The number of hydrogen-bond donors (Lipinski definition) is 1. The Morgan fingerprint density at radius 1 is 1.62 bits per heavy atom. The molecule has 2 aromatic heterocycles. The Hall–Kier alpha value is -0.940. The number of pyridine rings is 1. The van der Waals surface area contributed by atoms with Gasteiger partial charge in [-0.3, -0.25) is 0 Å². The summed E-state index contributed by atoms with van der Waals surface area (Å²) in [5.74, 6) is 0.800. The molecule has 0 atom stereocenters. The number of rotatable bonds is 2. The van der Waals surface area contributed by atoms with Crippen LogP contribution in [0.1, 0.15) is 5.82 Å². The van der Waals surface area contributed by atoms with E-state index in [1.165, 1.54) is 0 Å². The summed E-state index contributed by atoms with van der Waals surface area (Å²) in [6, 6.07) is 3.88. The van der Waals surface area contributed by atoms with Gasteiger partial charge in [0.15, 0.2) is 11.5 Å². The van der Waals surface area contributed by atoms with E-state index in [1.807, 2.05) is 25.4 Å². The van der Waals surface area contributed by atoms with Gasteiger partial charge in [-0.05, 0) is 35.1 Å². The minimum Gasteiger partial charge on any atom is -0.313 e. The summed E-state index contributed by atoms with van der Waals surface area (Å²) in [7, 11) is 1.88. The van der Waals surface area contributed by atoms with Gasteiger partial charge in [-0.2, -0.15) is 0 Å². The standard InChI is InChI=1S/C8H9BrN4/c1-10-5-7-11-8-6(9)3-2-4-13(8)12-7/h2-4,10H,5H2,1H3. The molecule has 0 saturated heterocycles. The van der Waals surface area contributed by atoms with Gasteiger partial charge < -0.3 is 5.32 Å². The summed E-state index contributed by atoms with van der Waals surface area (Å²) < 4.78 is 2.72. The van der Waals surface area contributed by atoms with Crippen LogP contribution in [0.5, 0.6) is 0 Å². The summed E-state index contributed by atoms with van der Waals surface area (Å²) in [6.45, 7) is 0.689. The molecule has 0 amide bonds. The Labute approximate surface area is 84.1 Å². The van der Waals surface area contributed by atoms with Crippen molar-refractivity contribution in [3.8, 4) is 0 Å². The topological polar surface area (TPSA) is 42.2 Å². The second kappa shape index (κ2) is 3.43. The number of aromatic nitrogens is 3. The largest absolute Gasteiger partial charge is 0.313 e. The zero-order chi connectivity index (χ0) is 9.26. The van der Waals surface area contributed by atoms with Crippen LogP contribution in [-0.2, 0) is 6.54 Å². The average molecular weight is 241 g/mol. The number of fused-ring (bicyclic) bond motifs is 1. The highest BCUT2D eigenvalue weighted by Crippen LogP contribution is 2.14. The summed E-state index contributed by atoms with van der Waals surface area (Å²) >= 11 is 3.42. The van der Waals surface area contributed by atoms with Crippen molar-refractivity contribution in [2.75, 3.05) is 7.05 Å². The van der Waals surface area contributed by atoms with Crippen molar-refractivity contribution >= 4 is 21.6 Å². The third-order valence-corrected chi connectivity index (χ3v) is 2.31. The minimum absolute atomic E-state index is 0.689. The van der Waals surface area contributed by atoms with Crippen LogP contribution in [0.15, 0.2) is 22.8 Å². The highest BCUT2D eigenvalue weighted by molar-refractivity contribution is 9.10. The molecule has 5 heteroatoms. The quantitative estimate of drug-likeness (QED) is 0.859. The predicted octanol–water partition coefficient (Wildman–Crippen LogP) is 1.21. The smallest absolute Gasteiger partial charge is 0.169 e. The molecule has 0 spiro atoms. The van der Waals surface area contributed by atoms with Crippen LogP contribution in [-0.4, -0.2) is 21.6 Å². The van der Waals surface area contributed by atoms with E-state index in [0.29, 0.717) is 6.54 Å². The lowest BCUT2D eigenvalue weighted by Crippen LogP contribution is -2.06. The molecule has 2 rings (SSSR count). The fraction of sp³-hybridized carbons (Fsp3) is 0.250. The monoisotopic (exact) mass is 240 g/mol. The lowest BCUT2D eigenvalue weighted by Gasteiger charge is -1.90. The van der Waals surface area contributed by atoms with Crippen LogP contribution in [0.2, 0.25) is 0 Å². The molecule has 0 radical (unpaired) electrons. The van der Waals surface area contributed by atoms with Crippen molar-refractivity contribution in [3.63, 3.8) is 0 Å². The summed E-state index contributed by atoms with van der Waals surface area (Å²) in [5.41, 5.74) is 0.854. The zero-order valence-corrected chi connectivity index (χ0v) is 8.74. The maximum Gasteiger partial charge on any atom is 0.169 e. The van der Waals surface area contributed by atoms with Crippen molar-refractivity contribution in [2.24, 2.45) is 0 Å². The van der Waals surface area contributed by atoms with Crippen LogP contribution in [0.3, 0.4) is 0 Å². The highest BCUT2D eigenvalue weighted by Gasteiger charge is 2.04. The first-order chi connectivity index (χ1) is 6.31. The van der Waals surface area contributed by atoms with Gasteiger partial charge in [-0.25, -0.2) is 9.50 Å². The predicted molar refractivity (Wildman–Crippen MR) is 53.5 cm³/mol.